The molecule has 0 radical (unpaired) electrons. The molecule has 1 saturated heterocycles. The van der Waals surface area contributed by atoms with E-state index in [9.17, 15) is 9.59 Å². The number of hydrogen-bond acceptors (Lipinski definition) is 3. The van der Waals surface area contributed by atoms with Crippen molar-refractivity contribution in [1.82, 2.24) is 9.80 Å². The number of nitrogens with zero attached hydrogens (tertiary/aromatic N) is 2. The number of urea groups is 1. The summed E-state index contributed by atoms with van der Waals surface area (Å²) in [5.74, 6) is -0.160. The molecule has 0 unspecified atom stereocenters. The minimum Gasteiger partial charge on any atom is -0.377 e. The summed E-state index contributed by atoms with van der Waals surface area (Å²) in [6, 6.07) is -0.248. The molecule has 5 nitrogen and oxygen atoms in total. The van der Waals surface area contributed by atoms with Gasteiger partial charge in [0.1, 0.15) is 5.54 Å². The first-order chi connectivity index (χ1) is 7.28. The summed E-state index contributed by atoms with van der Waals surface area (Å²) in [6.07, 6.45) is 0.110. The maximum absolute atomic E-state index is 11.9. The largest absolute Gasteiger partial charge is 0.377 e. The van der Waals surface area contributed by atoms with Crippen molar-refractivity contribution >= 4 is 11.9 Å². The van der Waals surface area contributed by atoms with Crippen LogP contribution in [0.4, 0.5) is 4.79 Å². The highest BCUT2D eigenvalue weighted by atomic mass is 16.5. The first-order valence-electron chi connectivity index (χ1n) is 5.50. The lowest BCUT2D eigenvalue weighted by molar-refractivity contribution is -0.132. The van der Waals surface area contributed by atoms with Gasteiger partial charge in [-0.3, -0.25) is 9.69 Å². The summed E-state index contributed by atoms with van der Waals surface area (Å²) in [7, 11) is 1.64. The second-order valence-electron chi connectivity index (χ2n) is 4.78. The van der Waals surface area contributed by atoms with E-state index in [4.69, 9.17) is 4.74 Å². The highest BCUT2D eigenvalue weighted by Gasteiger charge is 2.48. The molecule has 3 amide bonds. The molecule has 16 heavy (non-hydrogen) atoms. The summed E-state index contributed by atoms with van der Waals surface area (Å²) in [4.78, 5) is 26.4. The normalized spacial score (nSPS) is 20.1. The van der Waals surface area contributed by atoms with Gasteiger partial charge in [-0.1, -0.05) is 0 Å². The highest BCUT2D eigenvalue weighted by molar-refractivity contribution is 6.06. The molecule has 0 bridgehead atoms. The Morgan fingerprint density at radius 2 is 1.88 bits per heavy atom. The van der Waals surface area contributed by atoms with Crippen molar-refractivity contribution in [1.29, 1.82) is 0 Å². The van der Waals surface area contributed by atoms with Crippen LogP contribution in [0.2, 0.25) is 0 Å². The van der Waals surface area contributed by atoms with Crippen LogP contribution < -0.4 is 0 Å². The van der Waals surface area contributed by atoms with Crippen LogP contribution in [0.5, 0.6) is 0 Å². The molecule has 0 spiro atoms. The Bertz CT molecular complexity index is 300. The molecule has 0 saturated carbocycles. The standard InChI is InChI=1S/C11H20N2O3/c1-8(2)16-7-6-13-9(14)11(3,4)12(5)10(13)15/h8H,6-7H2,1-5H3. The molecule has 0 atom stereocenters. The van der Waals surface area contributed by atoms with E-state index in [1.807, 2.05) is 13.8 Å². The van der Waals surface area contributed by atoms with Crippen molar-refractivity contribution < 1.29 is 14.3 Å². The third kappa shape index (κ3) is 2.19. The lowest BCUT2D eigenvalue weighted by atomic mass is 10.1. The Balaban J connectivity index is 2.62. The van der Waals surface area contributed by atoms with Gasteiger partial charge in [0.2, 0.25) is 0 Å². The monoisotopic (exact) mass is 228 g/mol. The molecule has 1 fully saturated rings. The average molecular weight is 228 g/mol. The topological polar surface area (TPSA) is 49.9 Å². The minimum absolute atomic E-state index is 0.110. The Kier molecular flexibility index (Phi) is 3.57. The summed E-state index contributed by atoms with van der Waals surface area (Å²) in [5, 5.41) is 0. The van der Waals surface area contributed by atoms with Gasteiger partial charge in [-0.05, 0) is 27.7 Å². The summed E-state index contributed by atoms with van der Waals surface area (Å²) >= 11 is 0. The second-order valence-corrected chi connectivity index (χ2v) is 4.78. The summed E-state index contributed by atoms with van der Waals surface area (Å²) in [6.45, 7) is 8.04. The Hall–Kier alpha value is -1.10. The van der Waals surface area contributed by atoms with Gasteiger partial charge in [0, 0.05) is 7.05 Å². The van der Waals surface area contributed by atoms with Crippen LogP contribution in [0.25, 0.3) is 0 Å². The van der Waals surface area contributed by atoms with Crippen molar-refractivity contribution in [3.05, 3.63) is 0 Å². The number of carbonyl (C=O) groups is 2. The van der Waals surface area contributed by atoms with Gasteiger partial charge in [0.25, 0.3) is 5.91 Å². The number of hydrogen-bond donors (Lipinski definition) is 0. The summed E-state index contributed by atoms with van der Waals surface area (Å²) < 4.78 is 5.34. The van der Waals surface area contributed by atoms with Gasteiger partial charge in [-0.15, -0.1) is 0 Å². The van der Waals surface area contributed by atoms with Gasteiger partial charge in [0.15, 0.2) is 0 Å². The van der Waals surface area contributed by atoms with E-state index in [0.29, 0.717) is 13.2 Å². The molecule has 92 valence electrons. The van der Waals surface area contributed by atoms with E-state index >= 15 is 0 Å². The van der Waals surface area contributed by atoms with Gasteiger partial charge in [-0.2, -0.15) is 0 Å². The van der Waals surface area contributed by atoms with Gasteiger partial charge < -0.3 is 9.64 Å². The number of ether oxygens (including phenoxy) is 1. The van der Waals surface area contributed by atoms with E-state index in [-0.39, 0.29) is 18.0 Å². The molecule has 0 aliphatic carbocycles. The lowest BCUT2D eigenvalue weighted by Crippen LogP contribution is -2.41. The zero-order chi connectivity index (χ0) is 12.5. The Morgan fingerprint density at radius 1 is 1.31 bits per heavy atom. The van der Waals surface area contributed by atoms with Crippen molar-refractivity contribution in [2.45, 2.75) is 39.3 Å². The third-order valence-corrected chi connectivity index (χ3v) is 2.89. The van der Waals surface area contributed by atoms with Crippen LogP contribution in [0.1, 0.15) is 27.7 Å². The van der Waals surface area contributed by atoms with Crippen LogP contribution in [-0.4, -0.2) is 53.6 Å². The predicted molar refractivity (Wildman–Crippen MR) is 60.0 cm³/mol. The van der Waals surface area contributed by atoms with E-state index in [0.717, 1.165) is 0 Å². The highest BCUT2D eigenvalue weighted by Crippen LogP contribution is 2.25. The fourth-order valence-electron chi connectivity index (χ4n) is 1.56. The number of likely N-dealkylation sites (N-methyl/N-ethyl adjacent to an activating group) is 1. The molecule has 1 heterocycles. The SMILES string of the molecule is CC(C)OCCN1C(=O)N(C)C(C)(C)C1=O. The maximum atomic E-state index is 11.9. The first kappa shape index (κ1) is 13.0. The van der Waals surface area contributed by atoms with E-state index in [1.165, 1.54) is 9.80 Å². The van der Waals surface area contributed by atoms with Crippen LogP contribution >= 0.6 is 0 Å². The van der Waals surface area contributed by atoms with E-state index in [1.54, 1.807) is 20.9 Å². The number of rotatable bonds is 4. The van der Waals surface area contributed by atoms with Crippen molar-refractivity contribution in [3.8, 4) is 0 Å². The zero-order valence-electron chi connectivity index (χ0n) is 10.6. The molecule has 5 heteroatoms. The number of amides is 3. The molecule has 1 rings (SSSR count). The molecule has 1 aliphatic rings. The first-order valence-corrected chi connectivity index (χ1v) is 5.50. The number of imide groups is 1. The molecule has 0 aromatic carbocycles. The van der Waals surface area contributed by atoms with Gasteiger partial charge in [-0.25, -0.2) is 4.79 Å². The zero-order valence-corrected chi connectivity index (χ0v) is 10.6. The Labute approximate surface area is 96.3 Å². The van der Waals surface area contributed by atoms with Crippen LogP contribution in [0.15, 0.2) is 0 Å². The average Bonchev–Trinajstić information content (AvgIpc) is 2.32. The van der Waals surface area contributed by atoms with E-state index in [2.05, 4.69) is 0 Å². The van der Waals surface area contributed by atoms with E-state index < -0.39 is 5.54 Å². The fraction of sp³-hybridized carbons (Fsp3) is 0.818. The summed E-state index contributed by atoms with van der Waals surface area (Å²) in [5.41, 5.74) is -0.741. The quantitative estimate of drug-likeness (QED) is 0.677. The lowest BCUT2D eigenvalue weighted by Gasteiger charge is -2.22. The van der Waals surface area contributed by atoms with Crippen molar-refractivity contribution in [3.63, 3.8) is 0 Å². The predicted octanol–water partition coefficient (Wildman–Crippen LogP) is 1.08. The second kappa shape index (κ2) is 4.41. The van der Waals surface area contributed by atoms with Gasteiger partial charge >= 0.3 is 6.03 Å². The van der Waals surface area contributed by atoms with Crippen LogP contribution in [-0.2, 0) is 9.53 Å². The molecule has 0 aromatic heterocycles. The van der Waals surface area contributed by atoms with Gasteiger partial charge in [0.05, 0.1) is 19.3 Å². The fourth-order valence-corrected chi connectivity index (χ4v) is 1.56. The molecule has 1 aliphatic heterocycles. The maximum Gasteiger partial charge on any atom is 0.327 e. The molecular weight excluding hydrogens is 208 g/mol. The van der Waals surface area contributed by atoms with Crippen molar-refractivity contribution in [2.24, 2.45) is 0 Å². The smallest absolute Gasteiger partial charge is 0.327 e. The van der Waals surface area contributed by atoms with Crippen LogP contribution in [0.3, 0.4) is 0 Å². The molecular formula is C11H20N2O3. The Morgan fingerprint density at radius 3 is 2.25 bits per heavy atom. The molecule has 0 N–H and O–H groups in total. The number of carbonyl (C=O) groups excluding carboxylic acids is 2. The molecule has 0 aromatic rings. The minimum atomic E-state index is -0.741. The third-order valence-electron chi connectivity index (χ3n) is 2.89. The van der Waals surface area contributed by atoms with Crippen molar-refractivity contribution in [2.75, 3.05) is 20.2 Å². The van der Waals surface area contributed by atoms with Crippen LogP contribution in [0, 0.1) is 0 Å².